The van der Waals surface area contributed by atoms with Crippen LogP contribution in [-0.2, 0) is 13.6 Å². The van der Waals surface area contributed by atoms with E-state index in [1.54, 1.807) is 0 Å². The van der Waals surface area contributed by atoms with Gasteiger partial charge >= 0.3 is 8.25 Å². The van der Waals surface area contributed by atoms with Gasteiger partial charge in [0, 0.05) is 0 Å². The van der Waals surface area contributed by atoms with Gasteiger partial charge in [0.25, 0.3) is 0 Å². The molecule has 0 amide bonds. The van der Waals surface area contributed by atoms with Crippen LogP contribution in [0, 0.1) is 0 Å². The van der Waals surface area contributed by atoms with Gasteiger partial charge in [0.05, 0.1) is 0 Å². The van der Waals surface area contributed by atoms with Gasteiger partial charge in [-0.1, -0.05) is 181 Å². The highest BCUT2D eigenvalue weighted by molar-refractivity contribution is 7.33. The Hall–Kier alpha value is -0.690. The zero-order valence-corrected chi connectivity index (χ0v) is 31.9. The van der Waals surface area contributed by atoms with E-state index in [0.717, 1.165) is 24.4 Å². The van der Waals surface area contributed by atoms with E-state index in [4.69, 9.17) is 9.05 Å². The van der Waals surface area contributed by atoms with Crippen molar-refractivity contribution in [3.8, 4) is 0 Å². The van der Waals surface area contributed by atoms with Crippen molar-refractivity contribution in [2.24, 2.45) is 0 Å². The van der Waals surface area contributed by atoms with Gasteiger partial charge in [0.1, 0.15) is 11.5 Å². The Bertz CT molecular complexity index is 653. The zero-order chi connectivity index (χ0) is 32.5. The van der Waals surface area contributed by atoms with Crippen molar-refractivity contribution in [1.29, 1.82) is 0 Å². The van der Waals surface area contributed by atoms with Gasteiger partial charge in [0.15, 0.2) is 0 Å². The van der Waals surface area contributed by atoms with Crippen molar-refractivity contribution < 1.29 is 13.6 Å². The van der Waals surface area contributed by atoms with Crippen molar-refractivity contribution in [3.63, 3.8) is 0 Å². The molecule has 0 fully saturated rings. The molecule has 0 spiro atoms. The minimum atomic E-state index is -2.56. The predicted molar refractivity (Wildman–Crippen MR) is 198 cm³/mol. The summed E-state index contributed by atoms with van der Waals surface area (Å²) < 4.78 is 23.9. The van der Waals surface area contributed by atoms with E-state index in [1.807, 2.05) is 13.8 Å². The second kappa shape index (κ2) is 33.7. The van der Waals surface area contributed by atoms with Crippen molar-refractivity contribution in [1.82, 2.24) is 0 Å². The molecule has 0 unspecified atom stereocenters. The molecular formula is C40H79O3P. The van der Waals surface area contributed by atoms with Crippen molar-refractivity contribution in [2.45, 2.75) is 234 Å². The average Bonchev–Trinajstić information content (AvgIpc) is 3.00. The number of hydrogen-bond donors (Lipinski definition) is 0. The van der Waals surface area contributed by atoms with Crippen LogP contribution >= 0.6 is 8.25 Å². The fraction of sp³-hybridized carbons (Fsp3) is 0.900. The molecule has 0 saturated heterocycles. The predicted octanol–water partition coefficient (Wildman–Crippen LogP) is 15.7. The van der Waals surface area contributed by atoms with Crippen LogP contribution in [0.25, 0.3) is 0 Å². The first-order valence-electron chi connectivity index (χ1n) is 19.6. The highest BCUT2D eigenvalue weighted by atomic mass is 31.1. The Morgan fingerprint density at radius 2 is 0.568 bits per heavy atom. The maximum Gasteiger partial charge on any atom is 0.418 e. The van der Waals surface area contributed by atoms with E-state index in [2.05, 4.69) is 27.7 Å². The van der Waals surface area contributed by atoms with Crippen LogP contribution in [0.15, 0.2) is 22.7 Å². The number of allylic oxidation sites excluding steroid dienone is 4. The van der Waals surface area contributed by atoms with Gasteiger partial charge in [-0.05, 0) is 64.5 Å². The van der Waals surface area contributed by atoms with Crippen LogP contribution in [0.1, 0.15) is 234 Å². The van der Waals surface area contributed by atoms with Crippen LogP contribution in [0.2, 0.25) is 0 Å². The fourth-order valence-electron chi connectivity index (χ4n) is 5.97. The smallest absolute Gasteiger partial charge is 0.418 e. The molecule has 0 aromatic carbocycles. The van der Waals surface area contributed by atoms with Gasteiger partial charge in [-0.15, -0.1) is 0 Å². The molecule has 0 aliphatic rings. The van der Waals surface area contributed by atoms with Crippen LogP contribution < -0.4 is 0 Å². The summed E-state index contributed by atoms with van der Waals surface area (Å²) in [5.41, 5.74) is 2.40. The summed E-state index contributed by atoms with van der Waals surface area (Å²) in [6.07, 6.45) is 40.6. The molecule has 0 aliphatic carbocycles. The minimum absolute atomic E-state index is 0.779. The maximum absolute atomic E-state index is 12.5. The summed E-state index contributed by atoms with van der Waals surface area (Å²) in [4.78, 5) is 0. The third-order valence-corrected chi connectivity index (χ3v) is 10.4. The van der Waals surface area contributed by atoms with Gasteiger partial charge in [-0.3, -0.25) is 0 Å². The molecule has 4 heteroatoms. The molecule has 0 radical (unpaired) electrons. The first-order valence-corrected chi connectivity index (χ1v) is 20.9. The van der Waals surface area contributed by atoms with Crippen molar-refractivity contribution in [3.05, 3.63) is 22.7 Å². The third kappa shape index (κ3) is 30.0. The van der Waals surface area contributed by atoms with Gasteiger partial charge in [0.2, 0.25) is 0 Å². The number of unbranched alkanes of at least 4 members (excludes halogenated alkanes) is 26. The second-order valence-electron chi connectivity index (χ2n) is 13.8. The molecule has 0 heterocycles. The first kappa shape index (κ1) is 43.3. The zero-order valence-electron chi connectivity index (χ0n) is 30.9. The van der Waals surface area contributed by atoms with Gasteiger partial charge in [-0.2, -0.15) is 0 Å². The normalized spacial score (nSPS) is 12.9. The van der Waals surface area contributed by atoms with Gasteiger partial charge < -0.3 is 9.05 Å². The highest BCUT2D eigenvalue weighted by Gasteiger charge is 2.08. The maximum atomic E-state index is 12.5. The van der Waals surface area contributed by atoms with Crippen molar-refractivity contribution in [2.75, 3.05) is 0 Å². The van der Waals surface area contributed by atoms with E-state index in [9.17, 15) is 4.57 Å². The van der Waals surface area contributed by atoms with Crippen LogP contribution in [0.3, 0.4) is 0 Å². The summed E-state index contributed by atoms with van der Waals surface area (Å²) in [5.74, 6) is 1.56. The van der Waals surface area contributed by atoms with E-state index in [-0.39, 0.29) is 0 Å². The molecule has 0 bridgehead atoms. The minimum Gasteiger partial charge on any atom is -0.423 e. The second-order valence-corrected chi connectivity index (χ2v) is 14.7. The highest BCUT2D eigenvalue weighted by Crippen LogP contribution is 2.34. The molecule has 0 rings (SSSR count). The van der Waals surface area contributed by atoms with E-state index >= 15 is 0 Å². The standard InChI is InChI=1S/C40H79O3P/c1-7-9-11-13-15-17-19-21-23-25-27-29-31-33-35-37(3)39(5)42-44(41)43-40(6)38(4)36-34-32-30-28-26-24-22-20-18-16-14-12-10-8-2/h44H,7-36H2,1-6H3/b39-37+,40-38+. The molecule has 262 valence electrons. The molecule has 0 aromatic heterocycles. The van der Waals surface area contributed by atoms with E-state index < -0.39 is 8.25 Å². The average molecular weight is 639 g/mol. The Morgan fingerprint density at radius 1 is 0.364 bits per heavy atom. The Balaban J connectivity index is 3.80. The lowest BCUT2D eigenvalue weighted by molar-refractivity contribution is 0.310. The van der Waals surface area contributed by atoms with Crippen LogP contribution in [0.5, 0.6) is 0 Å². The summed E-state index contributed by atoms with van der Waals surface area (Å²) >= 11 is 0. The summed E-state index contributed by atoms with van der Waals surface area (Å²) in [6.45, 7) is 12.7. The van der Waals surface area contributed by atoms with E-state index in [0.29, 0.717) is 0 Å². The molecular weight excluding hydrogens is 559 g/mol. The third-order valence-electron chi connectivity index (χ3n) is 9.49. The molecule has 0 aromatic rings. The quantitative estimate of drug-likeness (QED) is 0.0400. The van der Waals surface area contributed by atoms with Crippen LogP contribution in [0.4, 0.5) is 0 Å². The molecule has 3 nitrogen and oxygen atoms in total. The molecule has 0 N–H and O–H groups in total. The summed E-state index contributed by atoms with van der Waals surface area (Å²) in [5, 5.41) is 0. The van der Waals surface area contributed by atoms with Crippen molar-refractivity contribution >= 4 is 8.25 Å². The lowest BCUT2D eigenvalue weighted by Crippen LogP contribution is -1.91. The molecule has 44 heavy (non-hydrogen) atoms. The topological polar surface area (TPSA) is 35.5 Å². The largest absolute Gasteiger partial charge is 0.423 e. The fourth-order valence-corrected chi connectivity index (χ4v) is 6.86. The van der Waals surface area contributed by atoms with Crippen LogP contribution in [-0.4, -0.2) is 0 Å². The number of rotatable bonds is 34. The SMILES string of the molecule is CCCCCCCCCCCCCCCC/C(C)=C(\C)O[PH](=O)O/C(C)=C(\C)CCCCCCCCCCCCCCCC. The first-order chi connectivity index (χ1) is 21.4. The monoisotopic (exact) mass is 639 g/mol. The van der Waals surface area contributed by atoms with E-state index in [1.165, 1.54) is 191 Å². The Kier molecular flexibility index (Phi) is 33.1. The lowest BCUT2D eigenvalue weighted by atomic mass is 10.0. The molecule has 0 atom stereocenters. The lowest BCUT2D eigenvalue weighted by Gasteiger charge is -2.13. The molecule has 0 aliphatic heterocycles. The summed E-state index contributed by atoms with van der Waals surface area (Å²) in [7, 11) is -2.56. The van der Waals surface area contributed by atoms with Gasteiger partial charge in [-0.25, -0.2) is 4.57 Å². The molecule has 0 saturated carbocycles. The Labute approximate surface area is 278 Å². The Morgan fingerprint density at radius 3 is 0.795 bits per heavy atom. The number of hydrogen-bond acceptors (Lipinski definition) is 3. The summed E-state index contributed by atoms with van der Waals surface area (Å²) in [6, 6.07) is 0.